The van der Waals surface area contributed by atoms with Crippen LogP contribution in [0, 0.1) is 0 Å². The van der Waals surface area contributed by atoms with Gasteiger partial charge in [0.1, 0.15) is 11.2 Å². The summed E-state index contributed by atoms with van der Waals surface area (Å²) >= 11 is 0. The van der Waals surface area contributed by atoms with Gasteiger partial charge in [-0.2, -0.15) is 0 Å². The van der Waals surface area contributed by atoms with Crippen molar-refractivity contribution in [2.75, 3.05) is 4.90 Å². The van der Waals surface area contributed by atoms with Crippen molar-refractivity contribution in [3.05, 3.63) is 255 Å². The maximum absolute atomic E-state index is 6.27. The van der Waals surface area contributed by atoms with E-state index in [1.54, 1.807) is 0 Å². The molecule has 0 spiro atoms. The summed E-state index contributed by atoms with van der Waals surface area (Å²) in [6, 6.07) is 91.9. The molecule has 0 radical (unpaired) electrons. The lowest BCUT2D eigenvalue weighted by molar-refractivity contribution is 0.669. The van der Waals surface area contributed by atoms with E-state index in [0.717, 1.165) is 61.4 Å². The summed E-state index contributed by atoms with van der Waals surface area (Å²) in [7, 11) is 0. The highest BCUT2D eigenvalue weighted by Crippen LogP contribution is 2.41. The van der Waals surface area contributed by atoms with E-state index >= 15 is 0 Å². The first-order valence-corrected chi connectivity index (χ1v) is 22.9. The third-order valence-corrected chi connectivity index (χ3v) is 13.4. The largest absolute Gasteiger partial charge is 0.456 e. The van der Waals surface area contributed by atoms with Crippen LogP contribution in [0.4, 0.5) is 17.1 Å². The Morgan fingerprint density at radius 3 is 1.46 bits per heavy atom. The van der Waals surface area contributed by atoms with Crippen LogP contribution in [0.5, 0.6) is 0 Å². The molecule has 0 amide bonds. The van der Waals surface area contributed by atoms with Crippen molar-refractivity contribution in [3.63, 3.8) is 0 Å². The van der Waals surface area contributed by atoms with Gasteiger partial charge in [-0.3, -0.25) is 0 Å². The predicted molar refractivity (Wildman–Crippen MR) is 282 cm³/mol. The third kappa shape index (κ3) is 6.76. The first-order valence-electron chi connectivity index (χ1n) is 22.9. The topological polar surface area (TPSA) is 21.3 Å². The number of para-hydroxylation sites is 3. The Labute approximate surface area is 388 Å². The summed E-state index contributed by atoms with van der Waals surface area (Å²) in [6.07, 6.45) is 0. The molecule has 0 saturated heterocycles. The van der Waals surface area contributed by atoms with Gasteiger partial charge >= 0.3 is 0 Å². The number of nitrogens with zero attached hydrogens (tertiary/aromatic N) is 2. The summed E-state index contributed by atoms with van der Waals surface area (Å²) in [4.78, 5) is 2.36. The minimum atomic E-state index is 0.897. The molecule has 0 aliphatic rings. The molecule has 13 rings (SSSR count). The van der Waals surface area contributed by atoms with Crippen molar-refractivity contribution in [1.29, 1.82) is 0 Å². The van der Waals surface area contributed by atoms with Gasteiger partial charge in [0.05, 0.1) is 11.0 Å². The molecule has 2 heterocycles. The van der Waals surface area contributed by atoms with Crippen molar-refractivity contribution < 1.29 is 4.42 Å². The highest BCUT2D eigenvalue weighted by atomic mass is 16.3. The van der Waals surface area contributed by atoms with Crippen LogP contribution in [0.15, 0.2) is 259 Å². The summed E-state index contributed by atoms with van der Waals surface area (Å²) in [5.41, 5.74) is 18.0. The summed E-state index contributed by atoms with van der Waals surface area (Å²) in [6.45, 7) is 0. The fourth-order valence-corrected chi connectivity index (χ4v) is 10.1. The van der Waals surface area contributed by atoms with Crippen LogP contribution in [0.3, 0.4) is 0 Å². The second kappa shape index (κ2) is 16.0. The zero-order valence-corrected chi connectivity index (χ0v) is 36.6. The van der Waals surface area contributed by atoms with Gasteiger partial charge in [0.25, 0.3) is 0 Å². The zero-order valence-electron chi connectivity index (χ0n) is 36.6. The summed E-state index contributed by atoms with van der Waals surface area (Å²) in [5.74, 6) is 0. The van der Waals surface area contributed by atoms with Gasteiger partial charge in [0, 0.05) is 44.3 Å². The van der Waals surface area contributed by atoms with E-state index in [0.29, 0.717) is 0 Å². The predicted octanol–water partition coefficient (Wildman–Crippen LogP) is 18.0. The molecule has 0 atom stereocenters. The molecule has 0 aliphatic carbocycles. The first kappa shape index (κ1) is 38.5. The van der Waals surface area contributed by atoms with Crippen LogP contribution in [-0.4, -0.2) is 4.57 Å². The number of hydrogen-bond donors (Lipinski definition) is 0. The molecule has 0 unspecified atom stereocenters. The maximum Gasteiger partial charge on any atom is 0.136 e. The van der Waals surface area contributed by atoms with Crippen molar-refractivity contribution >= 4 is 71.6 Å². The Balaban J connectivity index is 0.845. The first-order chi connectivity index (χ1) is 33.2. The normalized spacial score (nSPS) is 11.6. The smallest absolute Gasteiger partial charge is 0.136 e. The Kier molecular flexibility index (Phi) is 9.17. The third-order valence-electron chi connectivity index (χ3n) is 13.4. The lowest BCUT2D eigenvalue weighted by atomic mass is 9.97. The number of furan rings is 1. The molecule has 0 saturated carbocycles. The van der Waals surface area contributed by atoms with E-state index in [-0.39, 0.29) is 0 Å². The van der Waals surface area contributed by atoms with Crippen LogP contribution in [0.2, 0.25) is 0 Å². The molecule has 0 bridgehead atoms. The number of anilines is 3. The molecule has 3 heteroatoms. The molecule has 0 aliphatic heterocycles. The fraction of sp³-hybridized carbons (Fsp3) is 0. The number of hydrogen-bond acceptors (Lipinski definition) is 2. The molecule has 0 N–H and O–H groups in total. The minimum absolute atomic E-state index is 0.897. The SMILES string of the molecule is c1cc(-c2ccc(N(c3ccc(-c4ccc5c(c4)oc4ccccc45)cc3)c3cccc(-c4cccc5ccccc45)c3)cc2)cc(-c2ccc(-n3c4ccccc4c4ccccc43)cc2)c1. The van der Waals surface area contributed by atoms with E-state index in [1.165, 1.54) is 60.4 Å². The number of fused-ring (bicyclic) bond motifs is 7. The molecule has 3 nitrogen and oxygen atoms in total. The monoisotopic (exact) mass is 854 g/mol. The van der Waals surface area contributed by atoms with Crippen LogP contribution in [0.1, 0.15) is 0 Å². The highest BCUT2D eigenvalue weighted by Gasteiger charge is 2.17. The summed E-state index contributed by atoms with van der Waals surface area (Å²) in [5, 5.41) is 7.28. The molecule has 0 fully saturated rings. The molecular formula is C64H42N2O. The molecule has 13 aromatic rings. The lowest BCUT2D eigenvalue weighted by Gasteiger charge is -2.26. The quantitative estimate of drug-likeness (QED) is 0.152. The van der Waals surface area contributed by atoms with Crippen LogP contribution >= 0.6 is 0 Å². The average molecular weight is 855 g/mol. The van der Waals surface area contributed by atoms with E-state index in [1.807, 2.05) is 12.1 Å². The number of aromatic nitrogens is 1. The van der Waals surface area contributed by atoms with Crippen molar-refractivity contribution in [2.45, 2.75) is 0 Å². The van der Waals surface area contributed by atoms with Gasteiger partial charge < -0.3 is 13.9 Å². The zero-order chi connectivity index (χ0) is 44.3. The fourth-order valence-electron chi connectivity index (χ4n) is 10.1. The van der Waals surface area contributed by atoms with Crippen molar-refractivity contribution in [1.82, 2.24) is 4.57 Å². The Bertz CT molecular complexity index is 3910. The van der Waals surface area contributed by atoms with Gasteiger partial charge in [0.2, 0.25) is 0 Å². The molecule has 67 heavy (non-hydrogen) atoms. The van der Waals surface area contributed by atoms with Crippen molar-refractivity contribution in [2.24, 2.45) is 0 Å². The van der Waals surface area contributed by atoms with Crippen LogP contribution in [0.25, 0.3) is 105 Å². The molecule has 2 aromatic heterocycles. The van der Waals surface area contributed by atoms with Gasteiger partial charge in [-0.05, 0) is 140 Å². The standard InChI is InChI=1S/C64H42N2O/c1-2-18-55-46(12-1)13-11-22-56(55)50-16-10-17-54(41-50)65(52-35-28-45(29-36-52)49-32-39-60-59-21-5-8-25-63(59)67-64(60)42-49)51-33-26-43(27-34-51)47-14-9-15-48(40-47)44-30-37-53(38-31-44)66-61-23-6-3-19-57(61)58-20-4-7-24-62(58)66/h1-42H. The Hall–Kier alpha value is -8.92. The molecular weight excluding hydrogens is 813 g/mol. The van der Waals surface area contributed by atoms with Crippen molar-refractivity contribution in [3.8, 4) is 50.2 Å². The number of rotatable bonds is 8. The second-order valence-corrected chi connectivity index (χ2v) is 17.3. The molecule has 314 valence electrons. The minimum Gasteiger partial charge on any atom is -0.456 e. The number of benzene rings is 11. The average Bonchev–Trinajstić information content (AvgIpc) is 3.95. The van der Waals surface area contributed by atoms with Gasteiger partial charge in [0.15, 0.2) is 0 Å². The van der Waals surface area contributed by atoms with Crippen LogP contribution in [-0.2, 0) is 0 Å². The Morgan fingerprint density at radius 1 is 0.284 bits per heavy atom. The van der Waals surface area contributed by atoms with Gasteiger partial charge in [-0.25, -0.2) is 0 Å². The Morgan fingerprint density at radius 2 is 0.776 bits per heavy atom. The van der Waals surface area contributed by atoms with Gasteiger partial charge in [-0.1, -0.05) is 170 Å². The molecule has 11 aromatic carbocycles. The van der Waals surface area contributed by atoms with E-state index in [2.05, 4.69) is 252 Å². The lowest BCUT2D eigenvalue weighted by Crippen LogP contribution is -2.10. The van der Waals surface area contributed by atoms with Gasteiger partial charge in [-0.15, -0.1) is 0 Å². The van der Waals surface area contributed by atoms with E-state index < -0.39 is 0 Å². The highest BCUT2D eigenvalue weighted by molar-refractivity contribution is 6.09. The second-order valence-electron chi connectivity index (χ2n) is 17.3. The summed E-state index contributed by atoms with van der Waals surface area (Å²) < 4.78 is 8.64. The van der Waals surface area contributed by atoms with E-state index in [9.17, 15) is 0 Å². The maximum atomic E-state index is 6.27. The van der Waals surface area contributed by atoms with Crippen LogP contribution < -0.4 is 4.90 Å². The van der Waals surface area contributed by atoms with E-state index in [4.69, 9.17) is 4.42 Å².